The Bertz CT molecular complexity index is 630. The molecule has 0 aliphatic carbocycles. The van der Waals surface area contributed by atoms with E-state index in [4.69, 9.17) is 9.47 Å². The summed E-state index contributed by atoms with van der Waals surface area (Å²) in [7, 11) is 4.34. The molecule has 0 N–H and O–H groups in total. The molecule has 0 spiro atoms. The molecule has 0 saturated carbocycles. The zero-order chi connectivity index (χ0) is 34.3. The highest BCUT2D eigenvalue weighted by molar-refractivity contribution is 4.82. The lowest BCUT2D eigenvalue weighted by Gasteiger charge is -2.24. The molecule has 0 aromatic heterocycles. The van der Waals surface area contributed by atoms with Crippen LogP contribution in [-0.2, 0) is 9.47 Å². The van der Waals surface area contributed by atoms with Gasteiger partial charge in [0.1, 0.15) is 0 Å². The fraction of sp³-hybridized carbons (Fsp3) is 0.909. The summed E-state index contributed by atoms with van der Waals surface area (Å²) in [6, 6.07) is 0. The van der Waals surface area contributed by atoms with Gasteiger partial charge in [-0.1, -0.05) is 161 Å². The zero-order valence-electron chi connectivity index (χ0n) is 33.1. The van der Waals surface area contributed by atoms with E-state index in [1.807, 2.05) is 0 Å². The van der Waals surface area contributed by atoms with Crippen molar-refractivity contribution < 1.29 is 9.47 Å². The standard InChI is InChI=1S/C44H87NO2/c1-6-8-10-12-14-16-18-20-22-24-26-28-30-32-34-36-38-46-42-44(40-43(3)41-45(4)5)47-39-37-35-33-31-29-27-25-23-21-19-17-15-13-11-9-7-2/h20-23,43-44H,6-19,24-42H2,1-5H3/b22-20-,23-21-. The molecule has 0 aliphatic rings. The van der Waals surface area contributed by atoms with Gasteiger partial charge in [0.15, 0.2) is 0 Å². The summed E-state index contributed by atoms with van der Waals surface area (Å²) in [5.41, 5.74) is 0. The highest BCUT2D eigenvalue weighted by atomic mass is 16.5. The largest absolute Gasteiger partial charge is 0.379 e. The molecule has 0 aromatic rings. The summed E-state index contributed by atoms with van der Waals surface area (Å²) >= 11 is 0. The normalized spacial score (nSPS) is 13.5. The molecule has 280 valence electrons. The molecular formula is C44H87NO2. The van der Waals surface area contributed by atoms with Crippen LogP contribution in [0.3, 0.4) is 0 Å². The molecule has 2 atom stereocenters. The van der Waals surface area contributed by atoms with Crippen molar-refractivity contribution in [2.45, 2.75) is 213 Å². The first-order chi connectivity index (χ1) is 23.1. The SMILES string of the molecule is CCCCCCCC/C=C\CCCCCCCCOCC(CC(C)CN(C)C)OCCCCCCCC/C=C\CCCCCCCC. The number of nitrogens with zero attached hydrogens (tertiary/aromatic N) is 1. The van der Waals surface area contributed by atoms with Crippen LogP contribution in [0.4, 0.5) is 0 Å². The lowest BCUT2D eigenvalue weighted by Crippen LogP contribution is -2.28. The van der Waals surface area contributed by atoms with Crippen molar-refractivity contribution in [2.24, 2.45) is 5.92 Å². The van der Waals surface area contributed by atoms with Crippen molar-refractivity contribution in [2.75, 3.05) is 40.5 Å². The van der Waals surface area contributed by atoms with Gasteiger partial charge in [0.25, 0.3) is 0 Å². The Hall–Kier alpha value is -0.640. The van der Waals surface area contributed by atoms with Gasteiger partial charge in [-0.2, -0.15) is 0 Å². The predicted octanol–water partition coefficient (Wildman–Crippen LogP) is 14.1. The van der Waals surface area contributed by atoms with Crippen molar-refractivity contribution in [3.63, 3.8) is 0 Å². The summed E-state index contributed by atoms with van der Waals surface area (Å²) in [5, 5.41) is 0. The highest BCUT2D eigenvalue weighted by Gasteiger charge is 2.15. The first-order valence-corrected chi connectivity index (χ1v) is 21.2. The van der Waals surface area contributed by atoms with Gasteiger partial charge in [-0.25, -0.2) is 0 Å². The second-order valence-electron chi connectivity index (χ2n) is 15.0. The maximum atomic E-state index is 6.39. The topological polar surface area (TPSA) is 21.7 Å². The van der Waals surface area contributed by atoms with Crippen molar-refractivity contribution in [1.29, 1.82) is 0 Å². The van der Waals surface area contributed by atoms with Crippen LogP contribution >= 0.6 is 0 Å². The van der Waals surface area contributed by atoms with Crippen LogP contribution in [0.5, 0.6) is 0 Å². The highest BCUT2D eigenvalue weighted by Crippen LogP contribution is 2.15. The summed E-state index contributed by atoms with van der Waals surface area (Å²) in [6.45, 7) is 10.6. The minimum atomic E-state index is 0.238. The first-order valence-electron chi connectivity index (χ1n) is 21.2. The quantitative estimate of drug-likeness (QED) is 0.0483. The number of ether oxygens (including phenoxy) is 2. The van der Waals surface area contributed by atoms with E-state index < -0.39 is 0 Å². The summed E-state index contributed by atoms with van der Waals surface area (Å²) in [5.74, 6) is 0.629. The molecule has 47 heavy (non-hydrogen) atoms. The van der Waals surface area contributed by atoms with Crippen molar-refractivity contribution >= 4 is 0 Å². The third-order valence-corrected chi connectivity index (χ3v) is 9.46. The smallest absolute Gasteiger partial charge is 0.0811 e. The van der Waals surface area contributed by atoms with E-state index >= 15 is 0 Å². The van der Waals surface area contributed by atoms with E-state index in [1.165, 1.54) is 180 Å². The first kappa shape index (κ1) is 46.4. The van der Waals surface area contributed by atoms with Crippen LogP contribution in [0, 0.1) is 5.92 Å². The van der Waals surface area contributed by atoms with Crippen molar-refractivity contribution in [3.05, 3.63) is 24.3 Å². The molecule has 3 nitrogen and oxygen atoms in total. The molecule has 2 unspecified atom stereocenters. The Morgan fingerprint density at radius 3 is 1.23 bits per heavy atom. The van der Waals surface area contributed by atoms with E-state index in [2.05, 4.69) is 64.1 Å². The molecule has 0 fully saturated rings. The Morgan fingerprint density at radius 1 is 0.468 bits per heavy atom. The average molecular weight is 662 g/mol. The molecule has 3 heteroatoms. The number of hydrogen-bond donors (Lipinski definition) is 0. The monoisotopic (exact) mass is 662 g/mol. The number of unbranched alkanes of at least 4 members (excludes halogenated alkanes) is 24. The molecule has 0 bridgehead atoms. The maximum absolute atomic E-state index is 6.39. The van der Waals surface area contributed by atoms with Crippen LogP contribution < -0.4 is 0 Å². The molecule has 0 saturated heterocycles. The molecule has 0 heterocycles. The van der Waals surface area contributed by atoms with Crippen LogP contribution in [0.2, 0.25) is 0 Å². The van der Waals surface area contributed by atoms with E-state index in [9.17, 15) is 0 Å². The van der Waals surface area contributed by atoms with Crippen molar-refractivity contribution in [3.8, 4) is 0 Å². The third-order valence-electron chi connectivity index (χ3n) is 9.46. The van der Waals surface area contributed by atoms with Gasteiger partial charge in [-0.15, -0.1) is 0 Å². The minimum absolute atomic E-state index is 0.238. The second-order valence-corrected chi connectivity index (χ2v) is 15.0. The molecule has 0 amide bonds. The van der Waals surface area contributed by atoms with Gasteiger partial charge >= 0.3 is 0 Å². The number of allylic oxidation sites excluding steroid dienone is 4. The van der Waals surface area contributed by atoms with E-state index in [0.717, 1.165) is 32.8 Å². The lowest BCUT2D eigenvalue weighted by atomic mass is 10.0. The molecule has 0 aromatic carbocycles. The molecule has 0 rings (SSSR count). The maximum Gasteiger partial charge on any atom is 0.0811 e. The summed E-state index contributed by atoms with van der Waals surface area (Å²) < 4.78 is 12.5. The number of hydrogen-bond acceptors (Lipinski definition) is 3. The van der Waals surface area contributed by atoms with Crippen LogP contribution in [0.25, 0.3) is 0 Å². The van der Waals surface area contributed by atoms with Gasteiger partial charge in [0.2, 0.25) is 0 Å². The van der Waals surface area contributed by atoms with Gasteiger partial charge < -0.3 is 14.4 Å². The van der Waals surface area contributed by atoms with Gasteiger partial charge in [-0.05, 0) is 90.6 Å². The Labute approximate surface area is 297 Å². The van der Waals surface area contributed by atoms with Crippen molar-refractivity contribution in [1.82, 2.24) is 4.90 Å². The average Bonchev–Trinajstić information content (AvgIpc) is 3.05. The summed E-state index contributed by atoms with van der Waals surface area (Å²) in [6.07, 6.45) is 48.8. The lowest BCUT2D eigenvalue weighted by molar-refractivity contribution is -0.0299. The fourth-order valence-electron chi connectivity index (χ4n) is 6.60. The van der Waals surface area contributed by atoms with Gasteiger partial charge in [0, 0.05) is 19.8 Å². The van der Waals surface area contributed by atoms with E-state index in [0.29, 0.717) is 5.92 Å². The molecule has 0 aliphatic heterocycles. The van der Waals surface area contributed by atoms with Crippen LogP contribution in [0.15, 0.2) is 24.3 Å². The minimum Gasteiger partial charge on any atom is -0.379 e. The third kappa shape index (κ3) is 39.7. The predicted molar refractivity (Wildman–Crippen MR) is 212 cm³/mol. The zero-order valence-corrected chi connectivity index (χ0v) is 33.1. The summed E-state index contributed by atoms with van der Waals surface area (Å²) in [4.78, 5) is 2.29. The fourth-order valence-corrected chi connectivity index (χ4v) is 6.60. The van der Waals surface area contributed by atoms with Gasteiger partial charge in [0.05, 0.1) is 12.7 Å². The van der Waals surface area contributed by atoms with E-state index in [1.54, 1.807) is 0 Å². The van der Waals surface area contributed by atoms with E-state index in [-0.39, 0.29) is 6.10 Å². The Kier molecular flexibility index (Phi) is 39.3. The van der Waals surface area contributed by atoms with Gasteiger partial charge in [-0.3, -0.25) is 0 Å². The number of rotatable bonds is 39. The second kappa shape index (κ2) is 39.8. The van der Waals surface area contributed by atoms with Crippen LogP contribution in [0.1, 0.15) is 207 Å². The Morgan fingerprint density at radius 2 is 0.830 bits per heavy atom. The van der Waals surface area contributed by atoms with Crippen LogP contribution in [-0.4, -0.2) is 51.5 Å². The molecule has 0 radical (unpaired) electrons. The molecular weight excluding hydrogens is 574 g/mol. The Balaban J connectivity index is 3.78.